The van der Waals surface area contributed by atoms with Crippen molar-refractivity contribution >= 4 is 34.1 Å². The number of carbonyl (C=O) groups excluding carboxylic acids is 1. The van der Waals surface area contributed by atoms with Crippen LogP contribution in [0.4, 0.5) is 10.2 Å². The van der Waals surface area contributed by atoms with E-state index >= 15 is 0 Å². The summed E-state index contributed by atoms with van der Waals surface area (Å²) < 4.78 is 15.0. The maximum atomic E-state index is 13.4. The molecule has 1 N–H and O–H groups in total. The lowest BCUT2D eigenvalue weighted by atomic mass is 10.1. The predicted octanol–water partition coefficient (Wildman–Crippen LogP) is 5.16. The fourth-order valence-electron chi connectivity index (χ4n) is 3.76. The SMILES string of the molecule is Cc1nc(NC(=O)c2cc(-c3cccs3)nc3c2c(C)nn3C)cc(-c2ccc(F)cc2)n1. The molecule has 0 aliphatic carbocycles. The first kappa shape index (κ1) is 20.9. The molecule has 4 heterocycles. The number of fused-ring (bicyclic) bond motifs is 1. The minimum Gasteiger partial charge on any atom is -0.306 e. The molecule has 0 atom stereocenters. The van der Waals surface area contributed by atoms with Crippen LogP contribution < -0.4 is 5.32 Å². The van der Waals surface area contributed by atoms with Gasteiger partial charge in [-0.05, 0) is 55.6 Å². The maximum absolute atomic E-state index is 13.4. The van der Waals surface area contributed by atoms with Crippen molar-refractivity contribution in [3.63, 3.8) is 0 Å². The second-order valence-corrected chi connectivity index (χ2v) is 8.53. The Hall–Kier alpha value is -3.98. The van der Waals surface area contributed by atoms with Gasteiger partial charge in [0.1, 0.15) is 17.5 Å². The Labute approximate surface area is 193 Å². The number of anilines is 1. The van der Waals surface area contributed by atoms with Crippen LogP contribution in [0.5, 0.6) is 0 Å². The van der Waals surface area contributed by atoms with Crippen LogP contribution in [0, 0.1) is 19.7 Å². The highest BCUT2D eigenvalue weighted by Gasteiger charge is 2.20. The van der Waals surface area contributed by atoms with Crippen LogP contribution in [0.25, 0.3) is 32.9 Å². The van der Waals surface area contributed by atoms with Gasteiger partial charge < -0.3 is 5.32 Å². The summed E-state index contributed by atoms with van der Waals surface area (Å²) >= 11 is 1.55. The minimum atomic E-state index is -0.326. The number of amides is 1. The van der Waals surface area contributed by atoms with Gasteiger partial charge in [-0.15, -0.1) is 11.3 Å². The number of pyridine rings is 1. The smallest absolute Gasteiger partial charge is 0.257 e. The molecule has 0 radical (unpaired) electrons. The monoisotopic (exact) mass is 458 g/mol. The molecule has 1 aromatic carbocycles. The van der Waals surface area contributed by atoms with Gasteiger partial charge in [0.05, 0.1) is 32.9 Å². The Kier molecular flexibility index (Phi) is 5.18. The van der Waals surface area contributed by atoms with Crippen LogP contribution in [-0.2, 0) is 7.05 Å². The molecular weight excluding hydrogens is 439 g/mol. The van der Waals surface area contributed by atoms with Crippen molar-refractivity contribution in [2.24, 2.45) is 7.05 Å². The summed E-state index contributed by atoms with van der Waals surface area (Å²) in [5.41, 5.74) is 3.84. The van der Waals surface area contributed by atoms with E-state index in [1.165, 1.54) is 12.1 Å². The molecule has 0 fully saturated rings. The molecule has 4 aromatic heterocycles. The Morgan fingerprint density at radius 1 is 1.03 bits per heavy atom. The number of carbonyl (C=O) groups is 1. The number of thiophene rings is 1. The van der Waals surface area contributed by atoms with Crippen LogP contribution in [-0.4, -0.2) is 30.6 Å². The van der Waals surface area contributed by atoms with Gasteiger partial charge in [0.15, 0.2) is 5.65 Å². The zero-order valence-electron chi connectivity index (χ0n) is 18.1. The third-order valence-electron chi connectivity index (χ3n) is 5.21. The second kappa shape index (κ2) is 8.18. The molecule has 0 aliphatic heterocycles. The van der Waals surface area contributed by atoms with Gasteiger partial charge in [-0.1, -0.05) is 6.07 Å². The first-order chi connectivity index (χ1) is 15.9. The quantitative estimate of drug-likeness (QED) is 0.402. The Balaban J connectivity index is 1.57. The molecule has 7 nitrogen and oxygen atoms in total. The van der Waals surface area contributed by atoms with Crippen molar-refractivity contribution in [3.05, 3.63) is 76.8 Å². The standard InChI is InChI=1S/C24H19FN6OS/c1-13-22-17(11-19(20-5-4-10-33-20)28-23(22)31(3)30-13)24(32)29-21-12-18(26-14(2)27-21)15-6-8-16(25)9-7-15/h4-12H,1-3H3,(H,26,27,29,32). The van der Waals surface area contributed by atoms with Crippen molar-refractivity contribution < 1.29 is 9.18 Å². The van der Waals surface area contributed by atoms with E-state index in [9.17, 15) is 9.18 Å². The summed E-state index contributed by atoms with van der Waals surface area (Å²) in [6.07, 6.45) is 0. The zero-order valence-corrected chi connectivity index (χ0v) is 18.9. The van der Waals surface area contributed by atoms with Crippen LogP contribution in [0.3, 0.4) is 0 Å². The molecule has 0 spiro atoms. The van der Waals surface area contributed by atoms with E-state index in [4.69, 9.17) is 4.98 Å². The minimum absolute atomic E-state index is 0.320. The second-order valence-electron chi connectivity index (χ2n) is 7.59. The highest BCUT2D eigenvalue weighted by atomic mass is 32.1. The molecular formula is C24H19FN6OS. The highest BCUT2D eigenvalue weighted by Crippen LogP contribution is 2.30. The number of halogens is 1. The first-order valence-electron chi connectivity index (χ1n) is 10.2. The van der Waals surface area contributed by atoms with E-state index in [1.54, 1.807) is 47.2 Å². The average Bonchev–Trinajstić information content (AvgIpc) is 3.42. The Morgan fingerprint density at radius 3 is 2.55 bits per heavy atom. The summed E-state index contributed by atoms with van der Waals surface area (Å²) in [5, 5.41) is 10.0. The average molecular weight is 459 g/mol. The van der Waals surface area contributed by atoms with E-state index in [2.05, 4.69) is 20.4 Å². The number of hydrogen-bond donors (Lipinski definition) is 1. The molecule has 33 heavy (non-hydrogen) atoms. The van der Waals surface area contributed by atoms with Crippen LogP contribution >= 0.6 is 11.3 Å². The zero-order chi connectivity index (χ0) is 23.1. The number of nitrogens with zero attached hydrogens (tertiary/aromatic N) is 5. The van der Waals surface area contributed by atoms with Gasteiger partial charge in [-0.3, -0.25) is 9.48 Å². The Bertz CT molecular complexity index is 1490. The van der Waals surface area contributed by atoms with E-state index in [0.717, 1.165) is 10.4 Å². The lowest BCUT2D eigenvalue weighted by molar-refractivity contribution is 0.102. The largest absolute Gasteiger partial charge is 0.306 e. The number of benzene rings is 1. The normalized spacial score (nSPS) is 11.2. The first-order valence-corrected chi connectivity index (χ1v) is 11.1. The van der Waals surface area contributed by atoms with Gasteiger partial charge in [0.2, 0.25) is 0 Å². The lowest BCUT2D eigenvalue weighted by Gasteiger charge is -2.10. The molecule has 0 aliphatic rings. The molecule has 5 rings (SSSR count). The third-order valence-corrected chi connectivity index (χ3v) is 6.10. The number of rotatable bonds is 4. The summed E-state index contributed by atoms with van der Waals surface area (Å²) in [5.74, 6) is 0.201. The van der Waals surface area contributed by atoms with Crippen molar-refractivity contribution in [1.29, 1.82) is 0 Å². The fourth-order valence-corrected chi connectivity index (χ4v) is 4.44. The van der Waals surface area contributed by atoms with Crippen molar-refractivity contribution in [1.82, 2.24) is 24.7 Å². The molecule has 0 unspecified atom stereocenters. The van der Waals surface area contributed by atoms with E-state index in [1.807, 2.05) is 31.5 Å². The molecule has 5 aromatic rings. The third kappa shape index (κ3) is 3.98. The van der Waals surface area contributed by atoms with E-state index in [-0.39, 0.29) is 11.7 Å². The van der Waals surface area contributed by atoms with E-state index < -0.39 is 0 Å². The summed E-state index contributed by atoms with van der Waals surface area (Å²) in [4.78, 5) is 27.9. The van der Waals surface area contributed by atoms with Crippen LogP contribution in [0.15, 0.2) is 53.9 Å². The molecule has 0 saturated carbocycles. The Morgan fingerprint density at radius 2 is 1.82 bits per heavy atom. The highest BCUT2D eigenvalue weighted by molar-refractivity contribution is 7.13. The molecule has 1 amide bonds. The van der Waals surface area contributed by atoms with Gasteiger partial charge in [0.25, 0.3) is 5.91 Å². The van der Waals surface area contributed by atoms with Crippen molar-refractivity contribution in [3.8, 4) is 21.8 Å². The maximum Gasteiger partial charge on any atom is 0.257 e. The summed E-state index contributed by atoms with van der Waals surface area (Å²) in [6, 6.07) is 13.4. The van der Waals surface area contributed by atoms with Crippen molar-refractivity contribution in [2.75, 3.05) is 5.32 Å². The number of aromatic nitrogens is 5. The predicted molar refractivity (Wildman–Crippen MR) is 127 cm³/mol. The fraction of sp³-hybridized carbons (Fsp3) is 0.125. The number of hydrogen-bond acceptors (Lipinski definition) is 6. The number of nitrogens with one attached hydrogen (secondary N) is 1. The van der Waals surface area contributed by atoms with Crippen LogP contribution in [0.1, 0.15) is 21.9 Å². The summed E-state index contributed by atoms with van der Waals surface area (Å²) in [6.45, 7) is 3.60. The van der Waals surface area contributed by atoms with E-state index in [0.29, 0.717) is 45.3 Å². The van der Waals surface area contributed by atoms with Crippen LogP contribution in [0.2, 0.25) is 0 Å². The topological polar surface area (TPSA) is 85.6 Å². The number of aryl methyl sites for hydroxylation is 3. The summed E-state index contributed by atoms with van der Waals surface area (Å²) in [7, 11) is 1.81. The lowest BCUT2D eigenvalue weighted by Crippen LogP contribution is -2.15. The van der Waals surface area contributed by atoms with Gasteiger partial charge in [-0.25, -0.2) is 19.3 Å². The van der Waals surface area contributed by atoms with Gasteiger partial charge in [0, 0.05) is 18.7 Å². The van der Waals surface area contributed by atoms with Gasteiger partial charge in [-0.2, -0.15) is 5.10 Å². The van der Waals surface area contributed by atoms with Crippen molar-refractivity contribution in [2.45, 2.75) is 13.8 Å². The molecule has 9 heteroatoms. The molecule has 0 saturated heterocycles. The van der Waals surface area contributed by atoms with Gasteiger partial charge >= 0.3 is 0 Å². The molecule has 164 valence electrons. The molecule has 0 bridgehead atoms.